The lowest BCUT2D eigenvalue weighted by molar-refractivity contribution is -0.128. The van der Waals surface area contributed by atoms with E-state index in [1.807, 2.05) is 26.8 Å². The fraction of sp³-hybridized carbons (Fsp3) is 0.361. The Hall–Kier alpha value is -4.19. The molecule has 2 aromatic carbocycles. The van der Waals surface area contributed by atoms with Crippen LogP contribution < -0.4 is 5.32 Å². The first-order valence-corrected chi connectivity index (χ1v) is 15.1. The lowest BCUT2D eigenvalue weighted by Crippen LogP contribution is -2.19. The van der Waals surface area contributed by atoms with Gasteiger partial charge < -0.3 is 14.8 Å². The molecule has 6 nitrogen and oxygen atoms in total. The van der Waals surface area contributed by atoms with Crippen LogP contribution in [0, 0.1) is 19.8 Å². The highest BCUT2D eigenvalue weighted by molar-refractivity contribution is 5.80. The third kappa shape index (κ3) is 8.41. The van der Waals surface area contributed by atoms with Gasteiger partial charge in [0, 0.05) is 45.2 Å². The van der Waals surface area contributed by atoms with E-state index in [9.17, 15) is 4.79 Å². The Bertz CT molecular complexity index is 1450. The number of nitrogens with zero attached hydrogens (tertiary/aromatic N) is 4. The van der Waals surface area contributed by atoms with Gasteiger partial charge in [-0.2, -0.15) is 0 Å². The second-order valence-corrected chi connectivity index (χ2v) is 10.6. The quantitative estimate of drug-likeness (QED) is 0.244. The lowest BCUT2D eigenvalue weighted by atomic mass is 10.0. The molecule has 0 spiro atoms. The summed E-state index contributed by atoms with van der Waals surface area (Å²) in [6.07, 6.45) is 7.16. The molecule has 0 fully saturated rings. The average Bonchev–Trinajstić information content (AvgIpc) is 3.41. The van der Waals surface area contributed by atoms with E-state index >= 15 is 0 Å². The molecule has 0 radical (unpaired) electrons. The number of carbonyl (C=O) groups excluding carboxylic acids is 1. The SMILES string of the molecule is CC.CCC(=O)N(C)C.CCC1C=Cn2c(nc(-c3ccc(C)cc3)c2-c2cccc(NCc3ccc(C)cc3)n2)C1. The second-order valence-electron chi connectivity index (χ2n) is 10.6. The van der Waals surface area contributed by atoms with Crippen molar-refractivity contribution in [3.63, 3.8) is 0 Å². The highest BCUT2D eigenvalue weighted by Crippen LogP contribution is 2.35. The first-order valence-electron chi connectivity index (χ1n) is 15.1. The molecule has 1 amide bonds. The van der Waals surface area contributed by atoms with Gasteiger partial charge in [0.25, 0.3) is 0 Å². The average molecular weight is 566 g/mol. The van der Waals surface area contributed by atoms with Crippen LogP contribution in [0.5, 0.6) is 0 Å². The van der Waals surface area contributed by atoms with Crippen LogP contribution in [0.2, 0.25) is 0 Å². The van der Waals surface area contributed by atoms with Gasteiger partial charge in [0.15, 0.2) is 0 Å². The van der Waals surface area contributed by atoms with Crippen molar-refractivity contribution in [3.8, 4) is 22.6 Å². The molecular formula is C36H47N5O. The predicted molar refractivity (Wildman–Crippen MR) is 177 cm³/mol. The molecule has 0 saturated heterocycles. The van der Waals surface area contributed by atoms with Crippen LogP contribution >= 0.6 is 0 Å². The molecule has 6 heteroatoms. The van der Waals surface area contributed by atoms with Crippen molar-refractivity contribution in [1.29, 1.82) is 0 Å². The molecule has 5 rings (SSSR count). The van der Waals surface area contributed by atoms with Crippen molar-refractivity contribution in [1.82, 2.24) is 19.4 Å². The van der Waals surface area contributed by atoms with Crippen LogP contribution in [-0.4, -0.2) is 39.4 Å². The van der Waals surface area contributed by atoms with E-state index < -0.39 is 0 Å². The number of hydrogen-bond acceptors (Lipinski definition) is 4. The van der Waals surface area contributed by atoms with Crippen LogP contribution in [0.3, 0.4) is 0 Å². The minimum absolute atomic E-state index is 0.181. The summed E-state index contributed by atoms with van der Waals surface area (Å²) in [6.45, 7) is 13.0. The fourth-order valence-corrected chi connectivity index (χ4v) is 4.61. The summed E-state index contributed by atoms with van der Waals surface area (Å²) in [4.78, 5) is 22.1. The molecule has 0 saturated carbocycles. The third-order valence-corrected chi connectivity index (χ3v) is 7.17. The Balaban J connectivity index is 0.000000474. The number of aromatic nitrogens is 3. The minimum atomic E-state index is 0.181. The number of aryl methyl sites for hydroxylation is 2. The number of benzene rings is 2. The highest BCUT2D eigenvalue weighted by Gasteiger charge is 2.24. The zero-order valence-corrected chi connectivity index (χ0v) is 26.6. The minimum Gasteiger partial charge on any atom is -0.366 e. The van der Waals surface area contributed by atoms with Crippen molar-refractivity contribution in [2.75, 3.05) is 19.4 Å². The van der Waals surface area contributed by atoms with Crippen molar-refractivity contribution in [3.05, 3.63) is 95.3 Å². The Labute approximate surface area is 252 Å². The van der Waals surface area contributed by atoms with Crippen molar-refractivity contribution >= 4 is 17.9 Å². The summed E-state index contributed by atoms with van der Waals surface area (Å²) in [6, 6.07) is 23.4. The van der Waals surface area contributed by atoms with Crippen LogP contribution in [-0.2, 0) is 17.8 Å². The van der Waals surface area contributed by atoms with E-state index in [-0.39, 0.29) is 5.91 Å². The number of fused-ring (bicyclic) bond motifs is 1. The summed E-state index contributed by atoms with van der Waals surface area (Å²) < 4.78 is 2.23. The van der Waals surface area contributed by atoms with E-state index in [0.717, 1.165) is 53.7 Å². The van der Waals surface area contributed by atoms with Gasteiger partial charge in [0.1, 0.15) is 11.6 Å². The predicted octanol–water partition coefficient (Wildman–Crippen LogP) is 8.40. The van der Waals surface area contributed by atoms with E-state index in [0.29, 0.717) is 12.3 Å². The molecule has 42 heavy (non-hydrogen) atoms. The number of anilines is 1. The molecule has 1 unspecified atom stereocenters. The van der Waals surface area contributed by atoms with E-state index in [2.05, 4.69) is 104 Å². The smallest absolute Gasteiger partial charge is 0.221 e. The van der Waals surface area contributed by atoms with Crippen LogP contribution in [0.15, 0.2) is 72.8 Å². The van der Waals surface area contributed by atoms with Crippen LogP contribution in [0.25, 0.3) is 28.8 Å². The summed E-state index contributed by atoms with van der Waals surface area (Å²) in [5, 5.41) is 3.49. The summed E-state index contributed by atoms with van der Waals surface area (Å²) in [7, 11) is 3.51. The van der Waals surface area contributed by atoms with Gasteiger partial charge in [-0.25, -0.2) is 9.97 Å². The number of allylic oxidation sites excluding steroid dienone is 1. The number of imidazole rings is 1. The number of pyridine rings is 1. The first-order chi connectivity index (χ1) is 20.3. The Morgan fingerprint density at radius 2 is 1.57 bits per heavy atom. The van der Waals surface area contributed by atoms with Gasteiger partial charge in [0.2, 0.25) is 5.91 Å². The molecule has 1 aliphatic heterocycles. The number of carbonyl (C=O) groups is 1. The van der Waals surface area contributed by atoms with E-state index in [4.69, 9.17) is 9.97 Å². The van der Waals surface area contributed by atoms with Crippen molar-refractivity contribution < 1.29 is 4.79 Å². The monoisotopic (exact) mass is 565 g/mol. The molecule has 0 aliphatic carbocycles. The molecular weight excluding hydrogens is 518 g/mol. The topological polar surface area (TPSA) is 63.1 Å². The van der Waals surface area contributed by atoms with Gasteiger partial charge in [0.05, 0.1) is 17.1 Å². The number of hydrogen-bond donors (Lipinski definition) is 1. The van der Waals surface area contributed by atoms with Gasteiger partial charge >= 0.3 is 0 Å². The standard InChI is InChI=1S/C29H30N4.C5H11NO.C2H6/c1-4-22-16-17-33-27(18-22)32-28(24-14-10-21(3)11-15-24)29(33)25-6-5-7-26(31-25)30-19-23-12-8-20(2)9-13-23;1-4-5(7)6(2)3;1-2/h5-17,22H,4,18-19H2,1-3H3,(H,30,31);4H2,1-3H3;1-2H3. The van der Waals surface area contributed by atoms with E-state index in [1.165, 1.54) is 16.7 Å². The van der Waals surface area contributed by atoms with E-state index in [1.54, 1.807) is 19.0 Å². The lowest BCUT2D eigenvalue weighted by Gasteiger charge is -2.17. The van der Waals surface area contributed by atoms with Gasteiger partial charge in [-0.3, -0.25) is 4.79 Å². The summed E-state index contributed by atoms with van der Waals surface area (Å²) in [5.74, 6) is 2.69. The molecule has 2 aromatic heterocycles. The third-order valence-electron chi connectivity index (χ3n) is 7.17. The van der Waals surface area contributed by atoms with Gasteiger partial charge in [-0.1, -0.05) is 99.5 Å². The molecule has 1 N–H and O–H groups in total. The number of rotatable bonds is 7. The Morgan fingerprint density at radius 3 is 2.14 bits per heavy atom. The molecule has 222 valence electrons. The van der Waals surface area contributed by atoms with Crippen molar-refractivity contribution in [2.45, 2.75) is 67.3 Å². The maximum atomic E-state index is 10.4. The van der Waals surface area contributed by atoms with Gasteiger partial charge in [-0.15, -0.1) is 0 Å². The zero-order valence-electron chi connectivity index (χ0n) is 26.6. The Kier molecular flexibility index (Phi) is 12.1. The fourth-order valence-electron chi connectivity index (χ4n) is 4.61. The number of amides is 1. The highest BCUT2D eigenvalue weighted by atomic mass is 16.2. The second kappa shape index (κ2) is 15.7. The molecule has 4 aromatic rings. The van der Waals surface area contributed by atoms with Gasteiger partial charge in [-0.05, 0) is 43.9 Å². The summed E-state index contributed by atoms with van der Waals surface area (Å²) in [5.41, 5.74) is 7.86. The molecule has 3 heterocycles. The largest absolute Gasteiger partial charge is 0.366 e. The Morgan fingerprint density at radius 1 is 0.929 bits per heavy atom. The number of nitrogens with one attached hydrogen (secondary N) is 1. The molecule has 1 aliphatic rings. The maximum absolute atomic E-state index is 10.4. The van der Waals surface area contributed by atoms with Crippen molar-refractivity contribution in [2.24, 2.45) is 5.92 Å². The summed E-state index contributed by atoms with van der Waals surface area (Å²) >= 11 is 0. The molecule has 0 bridgehead atoms. The van der Waals surface area contributed by atoms with Crippen LogP contribution in [0.4, 0.5) is 5.82 Å². The zero-order chi connectivity index (χ0) is 30.6. The van der Waals surface area contributed by atoms with Crippen LogP contribution in [0.1, 0.15) is 63.1 Å². The molecule has 1 atom stereocenters. The normalized spacial score (nSPS) is 13.2. The first kappa shape index (κ1) is 32.3. The maximum Gasteiger partial charge on any atom is 0.221 e.